The van der Waals surface area contributed by atoms with Crippen LogP contribution in [0, 0.1) is 17.5 Å². The first-order valence-electron chi connectivity index (χ1n) is 12.7. The topological polar surface area (TPSA) is 97.1 Å². The maximum absolute atomic E-state index is 14.3. The molecule has 1 aliphatic heterocycles. The Labute approximate surface area is 188 Å². The van der Waals surface area contributed by atoms with Crippen molar-refractivity contribution in [1.82, 2.24) is 19.5 Å². The summed E-state index contributed by atoms with van der Waals surface area (Å²) < 4.78 is 89.6. The number of imidazole rings is 1. The van der Waals surface area contributed by atoms with Crippen LogP contribution in [0.3, 0.4) is 0 Å². The van der Waals surface area contributed by atoms with Gasteiger partial charge in [0.05, 0.1) is 24.9 Å². The van der Waals surface area contributed by atoms with Crippen LogP contribution in [0.4, 0.5) is 30.8 Å². The molecule has 6 unspecified atom stereocenters. The minimum absolute atomic E-state index is 0.00133. The molecule has 0 bridgehead atoms. The van der Waals surface area contributed by atoms with Gasteiger partial charge in [-0.25, -0.2) is 23.1 Å². The summed E-state index contributed by atoms with van der Waals surface area (Å²) >= 11 is 0. The lowest BCUT2D eigenvalue weighted by molar-refractivity contribution is 0.126. The second-order valence-corrected chi connectivity index (χ2v) is 7.43. The normalized spacial score (nSPS) is 34.3. The molecule has 5 rings (SSSR count). The second kappa shape index (κ2) is 8.55. The first-order chi connectivity index (χ1) is 17.5. The lowest BCUT2D eigenvalue weighted by atomic mass is 9.93. The first-order valence-corrected chi connectivity index (χ1v) is 9.94. The zero-order valence-corrected chi connectivity index (χ0v) is 16.6. The summed E-state index contributed by atoms with van der Waals surface area (Å²) in [6.45, 7) is 0.677. The minimum atomic E-state index is -2.45. The number of ether oxygens (including phenoxy) is 1. The number of benzene rings is 1. The van der Waals surface area contributed by atoms with Crippen molar-refractivity contribution in [2.24, 2.45) is 0 Å². The third-order valence-electron chi connectivity index (χ3n) is 5.19. The van der Waals surface area contributed by atoms with E-state index in [1.807, 2.05) is 0 Å². The van der Waals surface area contributed by atoms with Crippen molar-refractivity contribution in [2.45, 2.75) is 50.2 Å². The molecule has 1 aromatic carbocycles. The van der Waals surface area contributed by atoms with Gasteiger partial charge in [-0.1, -0.05) is 0 Å². The number of anilines is 3. The third kappa shape index (κ3) is 4.09. The van der Waals surface area contributed by atoms with Crippen molar-refractivity contribution >= 4 is 28.7 Å². The van der Waals surface area contributed by atoms with E-state index in [4.69, 9.17) is 11.6 Å². The fourth-order valence-electron chi connectivity index (χ4n) is 3.67. The Morgan fingerprint density at radius 3 is 2.72 bits per heavy atom. The maximum Gasteiger partial charge on any atom is 0.224 e. The van der Waals surface area contributed by atoms with Crippen molar-refractivity contribution in [1.29, 1.82) is 0 Å². The van der Waals surface area contributed by atoms with Gasteiger partial charge in [-0.05, 0) is 32.0 Å². The van der Waals surface area contributed by atoms with E-state index >= 15 is 0 Å². The lowest BCUT2D eigenvalue weighted by Gasteiger charge is -2.26. The van der Waals surface area contributed by atoms with Crippen LogP contribution in [0.1, 0.15) is 44.9 Å². The van der Waals surface area contributed by atoms with E-state index in [0.29, 0.717) is 25.2 Å². The predicted molar refractivity (Wildman–Crippen MR) is 111 cm³/mol. The molecule has 1 saturated heterocycles. The van der Waals surface area contributed by atoms with Crippen LogP contribution < -0.4 is 10.6 Å². The van der Waals surface area contributed by atoms with Gasteiger partial charge < -0.3 is 20.5 Å². The minimum Gasteiger partial charge on any atom is -0.393 e. The summed E-state index contributed by atoms with van der Waals surface area (Å²) in [5.41, 5.74) is -0.148. The number of halogens is 3. The van der Waals surface area contributed by atoms with E-state index in [1.54, 1.807) is 4.57 Å². The van der Waals surface area contributed by atoms with Gasteiger partial charge in [-0.3, -0.25) is 4.57 Å². The molecule has 32 heavy (non-hydrogen) atoms. The van der Waals surface area contributed by atoms with Gasteiger partial charge in [-0.15, -0.1) is 0 Å². The summed E-state index contributed by atoms with van der Waals surface area (Å²) in [5.74, 6) is -3.48. The van der Waals surface area contributed by atoms with Crippen molar-refractivity contribution in [2.75, 3.05) is 23.8 Å². The molecule has 11 heteroatoms. The molecule has 0 spiro atoms. The van der Waals surface area contributed by atoms with E-state index in [0.717, 1.165) is 0 Å². The van der Waals surface area contributed by atoms with Crippen LogP contribution >= 0.6 is 0 Å². The number of aliphatic hydroxyl groups excluding tert-OH is 1. The zero-order valence-electron chi connectivity index (χ0n) is 21.6. The summed E-state index contributed by atoms with van der Waals surface area (Å²) in [5, 5.41) is 15.4. The number of nitrogens with zero attached hydrogens (tertiary/aromatic N) is 4. The highest BCUT2D eigenvalue weighted by atomic mass is 19.1. The second-order valence-electron chi connectivity index (χ2n) is 7.43. The number of aliphatic hydroxyl groups is 1. The molecule has 3 heterocycles. The van der Waals surface area contributed by atoms with Crippen molar-refractivity contribution < 1.29 is 29.9 Å². The first kappa shape index (κ1) is 15.8. The molecule has 6 atom stereocenters. The fourth-order valence-corrected chi connectivity index (χ4v) is 3.67. The maximum atomic E-state index is 14.3. The fraction of sp³-hybridized carbons (Fsp3) is 0.476. The highest BCUT2D eigenvalue weighted by Gasteiger charge is 2.27. The smallest absolute Gasteiger partial charge is 0.224 e. The molecule has 0 amide bonds. The Balaban J connectivity index is 1.53. The Hall–Kier alpha value is -2.92. The molecular formula is C21H23F3N6O2. The molecule has 2 aliphatic rings. The van der Waals surface area contributed by atoms with E-state index in [9.17, 15) is 18.3 Å². The van der Waals surface area contributed by atoms with Gasteiger partial charge in [0, 0.05) is 31.6 Å². The number of hydrogen-bond donors (Lipinski definition) is 3. The Kier molecular flexibility index (Phi) is 4.22. The summed E-state index contributed by atoms with van der Waals surface area (Å²) in [7, 11) is 0. The monoisotopic (exact) mass is 453 g/mol. The average molecular weight is 453 g/mol. The molecular weight excluding hydrogens is 425 g/mol. The summed E-state index contributed by atoms with van der Waals surface area (Å²) in [6, 6.07) is -0.477. The number of aromatic nitrogens is 4. The van der Waals surface area contributed by atoms with Crippen LogP contribution in [-0.2, 0) is 4.74 Å². The van der Waals surface area contributed by atoms with Crippen LogP contribution in [0.25, 0.3) is 11.2 Å². The summed E-state index contributed by atoms with van der Waals surface area (Å²) in [4.78, 5) is 12.9. The van der Waals surface area contributed by atoms with Gasteiger partial charge in [0.15, 0.2) is 17.3 Å². The third-order valence-corrected chi connectivity index (χ3v) is 5.19. The van der Waals surface area contributed by atoms with Crippen LogP contribution in [0.2, 0.25) is 0 Å². The molecule has 170 valence electrons. The predicted octanol–water partition coefficient (Wildman–Crippen LogP) is 3.66. The van der Waals surface area contributed by atoms with E-state index in [-0.39, 0.29) is 35.7 Å². The highest BCUT2D eigenvalue weighted by Crippen LogP contribution is 2.32. The number of rotatable bonds is 5. The van der Waals surface area contributed by atoms with Crippen LogP contribution in [0.15, 0.2) is 18.3 Å². The average Bonchev–Trinajstić information content (AvgIpc) is 3.49. The van der Waals surface area contributed by atoms with Crippen LogP contribution in [-0.4, -0.2) is 50.0 Å². The van der Waals surface area contributed by atoms with Gasteiger partial charge in [0.2, 0.25) is 11.9 Å². The molecule has 0 radical (unpaired) electrons. The lowest BCUT2D eigenvalue weighted by Crippen LogP contribution is -2.29. The SMILES string of the molecule is [2H]C1C([2H])C(O)C([2H])([2H])C([2H])C1Nc1ncc2nc(Nc3c(F)cc(F)cc3F)n(C3CCOC3)c2n1. The quantitative estimate of drug-likeness (QED) is 0.542. The molecule has 2 aromatic heterocycles. The van der Waals surface area contributed by atoms with Gasteiger partial charge in [-0.2, -0.15) is 4.98 Å². The standard InChI is InChI=1S/C21H23F3N6O2/c22-11-7-15(23)18(16(24)8-11)28-21-27-17-9-25-20(26-12-1-3-14(31)4-2-12)29-19(17)30(21)13-5-6-32-10-13/h7-9,12-14,31H,1-6,10H2,(H,27,28)(H,25,26,29)/i1D,2D,3D,4D2. The molecule has 1 aliphatic carbocycles. The highest BCUT2D eigenvalue weighted by molar-refractivity contribution is 5.76. The molecule has 1 saturated carbocycles. The number of nitrogens with one attached hydrogen (secondary N) is 2. The Morgan fingerprint density at radius 1 is 1.16 bits per heavy atom. The molecule has 3 aromatic rings. The van der Waals surface area contributed by atoms with Crippen molar-refractivity contribution in [3.05, 3.63) is 35.8 Å². The van der Waals surface area contributed by atoms with Gasteiger partial charge in [0.1, 0.15) is 17.0 Å². The Morgan fingerprint density at radius 2 is 1.97 bits per heavy atom. The molecule has 3 N–H and O–H groups in total. The number of hydrogen-bond acceptors (Lipinski definition) is 7. The molecule has 8 nitrogen and oxygen atoms in total. The van der Waals surface area contributed by atoms with Crippen LogP contribution in [0.5, 0.6) is 0 Å². The zero-order chi connectivity index (χ0) is 26.6. The largest absolute Gasteiger partial charge is 0.393 e. The van der Waals surface area contributed by atoms with E-state index < -0.39 is 60.8 Å². The number of fused-ring (bicyclic) bond motifs is 1. The van der Waals surface area contributed by atoms with Crippen molar-refractivity contribution in [3.8, 4) is 0 Å². The summed E-state index contributed by atoms with van der Waals surface area (Å²) in [6.07, 6.45) is -6.86. The van der Waals surface area contributed by atoms with Crippen molar-refractivity contribution in [3.63, 3.8) is 0 Å². The van der Waals surface area contributed by atoms with E-state index in [1.165, 1.54) is 6.20 Å². The molecule has 2 fully saturated rings. The van der Waals surface area contributed by atoms with Gasteiger partial charge in [0.25, 0.3) is 0 Å². The van der Waals surface area contributed by atoms with Gasteiger partial charge >= 0.3 is 0 Å². The Bertz CT molecular complexity index is 1300. The van der Waals surface area contributed by atoms with E-state index in [2.05, 4.69) is 25.6 Å².